The van der Waals surface area contributed by atoms with Gasteiger partial charge in [0.05, 0.1) is 17.3 Å². The highest BCUT2D eigenvalue weighted by Crippen LogP contribution is 2.27. The molecule has 0 bridgehead atoms. The number of rotatable bonds is 2. The summed E-state index contributed by atoms with van der Waals surface area (Å²) in [5, 5.41) is 7.41. The topological polar surface area (TPSA) is 72.7 Å². The minimum absolute atomic E-state index is 0.157. The van der Waals surface area contributed by atoms with E-state index in [0.29, 0.717) is 41.6 Å². The van der Waals surface area contributed by atoms with Crippen LogP contribution >= 0.6 is 11.6 Å². The molecular weight excluding hydrogens is 333 g/mol. The molecule has 2 aromatic heterocycles. The van der Waals surface area contributed by atoms with Gasteiger partial charge in [0.25, 0.3) is 5.91 Å². The zero-order valence-corrected chi connectivity index (χ0v) is 13.1. The third-order valence-corrected chi connectivity index (χ3v) is 4.02. The fourth-order valence-electron chi connectivity index (χ4n) is 2.56. The molecule has 4 rings (SSSR count). The van der Waals surface area contributed by atoms with Gasteiger partial charge in [0.15, 0.2) is 5.82 Å². The van der Waals surface area contributed by atoms with Gasteiger partial charge in [0.2, 0.25) is 0 Å². The smallest absolute Gasteiger partial charge is 0.269 e. The van der Waals surface area contributed by atoms with E-state index >= 15 is 0 Å². The van der Waals surface area contributed by atoms with Crippen molar-refractivity contribution in [2.75, 3.05) is 6.54 Å². The third-order valence-electron chi connectivity index (χ3n) is 3.71. The molecule has 120 valence electrons. The Labute approximate surface area is 141 Å². The number of benzene rings is 1. The molecule has 0 aliphatic carbocycles. The van der Waals surface area contributed by atoms with Crippen LogP contribution in [0.4, 0.5) is 4.39 Å². The Morgan fingerprint density at radius 1 is 1.21 bits per heavy atom. The van der Waals surface area contributed by atoms with Crippen LogP contribution in [0.2, 0.25) is 5.02 Å². The van der Waals surface area contributed by atoms with Gasteiger partial charge in [-0.05, 0) is 30.3 Å². The van der Waals surface area contributed by atoms with Gasteiger partial charge in [-0.25, -0.2) is 14.4 Å². The average molecular weight is 344 g/mol. The summed E-state index contributed by atoms with van der Waals surface area (Å²) >= 11 is 6.07. The van der Waals surface area contributed by atoms with Crippen LogP contribution in [-0.4, -0.2) is 32.2 Å². The molecule has 0 fully saturated rings. The van der Waals surface area contributed by atoms with E-state index < -0.39 is 5.82 Å². The SMILES string of the molecule is O=C1NCCn2nc(-c3ccnc(-c4ccc(F)cc4Cl)n3)cc21. The maximum absolute atomic E-state index is 13.2. The molecule has 3 aromatic rings. The molecule has 3 heterocycles. The zero-order chi connectivity index (χ0) is 16.7. The van der Waals surface area contributed by atoms with Gasteiger partial charge in [-0.15, -0.1) is 0 Å². The first-order chi connectivity index (χ1) is 11.6. The Kier molecular flexibility index (Phi) is 3.50. The number of hydrogen-bond acceptors (Lipinski definition) is 4. The fourth-order valence-corrected chi connectivity index (χ4v) is 2.81. The molecule has 0 radical (unpaired) electrons. The molecule has 0 saturated heterocycles. The standard InChI is InChI=1S/C16H11ClFN5O/c17-11-7-9(18)1-2-10(11)15-19-4-3-12(21-15)13-8-14-16(24)20-5-6-23(14)22-13/h1-4,7-8H,5-6H2,(H,20,24). The molecular formula is C16H11ClFN5O. The van der Waals surface area contributed by atoms with Gasteiger partial charge in [0, 0.05) is 18.3 Å². The highest BCUT2D eigenvalue weighted by Gasteiger charge is 2.20. The number of halogens is 2. The number of nitrogens with one attached hydrogen (secondary N) is 1. The largest absolute Gasteiger partial charge is 0.349 e. The number of fused-ring (bicyclic) bond motifs is 1. The van der Waals surface area contributed by atoms with Crippen LogP contribution in [0.3, 0.4) is 0 Å². The fraction of sp³-hybridized carbons (Fsp3) is 0.125. The predicted octanol–water partition coefficient (Wildman–Crippen LogP) is 2.54. The van der Waals surface area contributed by atoms with E-state index in [-0.39, 0.29) is 10.9 Å². The summed E-state index contributed by atoms with van der Waals surface area (Å²) < 4.78 is 14.9. The molecule has 6 nitrogen and oxygen atoms in total. The van der Waals surface area contributed by atoms with Crippen LogP contribution in [0.5, 0.6) is 0 Å². The van der Waals surface area contributed by atoms with Crippen LogP contribution in [0, 0.1) is 5.82 Å². The third kappa shape index (κ3) is 2.52. The van der Waals surface area contributed by atoms with Gasteiger partial charge < -0.3 is 5.32 Å². The van der Waals surface area contributed by atoms with Gasteiger partial charge >= 0.3 is 0 Å². The minimum Gasteiger partial charge on any atom is -0.349 e. The number of hydrogen-bond donors (Lipinski definition) is 1. The van der Waals surface area contributed by atoms with Crippen molar-refractivity contribution in [3.05, 3.63) is 53.1 Å². The van der Waals surface area contributed by atoms with Crippen LogP contribution in [0.15, 0.2) is 36.5 Å². The van der Waals surface area contributed by atoms with Gasteiger partial charge in [-0.3, -0.25) is 9.48 Å². The lowest BCUT2D eigenvalue weighted by Gasteiger charge is -2.13. The van der Waals surface area contributed by atoms with Crippen molar-refractivity contribution < 1.29 is 9.18 Å². The van der Waals surface area contributed by atoms with Gasteiger partial charge in [-0.1, -0.05) is 11.6 Å². The van der Waals surface area contributed by atoms with Crippen molar-refractivity contribution in [2.24, 2.45) is 0 Å². The van der Waals surface area contributed by atoms with E-state index in [1.807, 2.05) is 0 Å². The Morgan fingerprint density at radius 2 is 2.08 bits per heavy atom. The van der Waals surface area contributed by atoms with E-state index in [1.165, 1.54) is 18.2 Å². The number of amides is 1. The zero-order valence-electron chi connectivity index (χ0n) is 12.3. The van der Waals surface area contributed by atoms with Crippen LogP contribution in [-0.2, 0) is 6.54 Å². The summed E-state index contributed by atoms with van der Waals surface area (Å²) in [6, 6.07) is 7.44. The van der Waals surface area contributed by atoms with Crippen molar-refractivity contribution >= 4 is 17.5 Å². The molecule has 0 atom stereocenters. The normalized spacial score (nSPS) is 13.5. The van der Waals surface area contributed by atoms with Crippen molar-refractivity contribution in [1.82, 2.24) is 25.1 Å². The first kappa shape index (κ1) is 14.8. The number of carbonyl (C=O) groups excluding carboxylic acids is 1. The molecule has 1 aliphatic rings. The Morgan fingerprint density at radius 3 is 2.88 bits per heavy atom. The highest BCUT2D eigenvalue weighted by molar-refractivity contribution is 6.33. The number of nitrogens with zero attached hydrogens (tertiary/aromatic N) is 4. The van der Waals surface area contributed by atoms with Crippen molar-refractivity contribution in [1.29, 1.82) is 0 Å². The van der Waals surface area contributed by atoms with Gasteiger partial charge in [0.1, 0.15) is 17.2 Å². The van der Waals surface area contributed by atoms with E-state index in [9.17, 15) is 9.18 Å². The van der Waals surface area contributed by atoms with E-state index in [2.05, 4.69) is 20.4 Å². The molecule has 0 unspecified atom stereocenters. The highest BCUT2D eigenvalue weighted by atomic mass is 35.5. The first-order valence-corrected chi connectivity index (χ1v) is 7.64. The summed E-state index contributed by atoms with van der Waals surface area (Å²) in [5.41, 5.74) is 2.16. The van der Waals surface area contributed by atoms with E-state index in [0.717, 1.165) is 0 Å². The Balaban J connectivity index is 1.77. The lowest BCUT2D eigenvalue weighted by Crippen LogP contribution is -2.35. The maximum atomic E-state index is 13.2. The quantitative estimate of drug-likeness (QED) is 0.776. The number of carbonyl (C=O) groups is 1. The second kappa shape index (κ2) is 5.68. The second-order valence-corrected chi connectivity index (χ2v) is 5.69. The molecule has 0 saturated carbocycles. The predicted molar refractivity (Wildman–Crippen MR) is 86.0 cm³/mol. The Hall–Kier alpha value is -2.80. The van der Waals surface area contributed by atoms with Crippen molar-refractivity contribution in [3.63, 3.8) is 0 Å². The van der Waals surface area contributed by atoms with Crippen molar-refractivity contribution in [2.45, 2.75) is 6.54 Å². The molecule has 1 amide bonds. The molecule has 24 heavy (non-hydrogen) atoms. The summed E-state index contributed by atoms with van der Waals surface area (Å²) in [6.07, 6.45) is 1.58. The molecule has 0 spiro atoms. The molecule has 1 aliphatic heterocycles. The molecule has 8 heteroatoms. The monoisotopic (exact) mass is 343 g/mol. The summed E-state index contributed by atoms with van der Waals surface area (Å²) in [4.78, 5) is 20.5. The van der Waals surface area contributed by atoms with Gasteiger partial charge in [-0.2, -0.15) is 5.10 Å². The summed E-state index contributed by atoms with van der Waals surface area (Å²) in [7, 11) is 0. The molecule has 1 aromatic carbocycles. The van der Waals surface area contributed by atoms with E-state index in [1.54, 1.807) is 23.0 Å². The Bertz CT molecular complexity index is 955. The maximum Gasteiger partial charge on any atom is 0.269 e. The average Bonchev–Trinajstić information content (AvgIpc) is 3.01. The minimum atomic E-state index is -0.423. The van der Waals surface area contributed by atoms with Crippen LogP contribution in [0.1, 0.15) is 10.5 Å². The van der Waals surface area contributed by atoms with Crippen LogP contribution < -0.4 is 5.32 Å². The first-order valence-electron chi connectivity index (χ1n) is 7.27. The molecule has 1 N–H and O–H groups in total. The lowest BCUT2D eigenvalue weighted by molar-refractivity contribution is 0.0924. The lowest BCUT2D eigenvalue weighted by atomic mass is 10.2. The number of aromatic nitrogens is 4. The van der Waals surface area contributed by atoms with Crippen molar-refractivity contribution in [3.8, 4) is 22.8 Å². The summed E-state index contributed by atoms with van der Waals surface area (Å²) in [5.74, 6) is -0.212. The van der Waals surface area contributed by atoms with Crippen LogP contribution in [0.25, 0.3) is 22.8 Å². The summed E-state index contributed by atoms with van der Waals surface area (Å²) in [6.45, 7) is 1.16. The van der Waals surface area contributed by atoms with E-state index in [4.69, 9.17) is 11.6 Å². The second-order valence-electron chi connectivity index (χ2n) is 5.28.